The lowest BCUT2D eigenvalue weighted by atomic mass is 9.83. The van der Waals surface area contributed by atoms with Crippen molar-refractivity contribution in [1.29, 1.82) is 0 Å². The number of hydrogen-bond donors (Lipinski definition) is 1. The second kappa shape index (κ2) is 5.76. The van der Waals surface area contributed by atoms with Gasteiger partial charge in [0, 0.05) is 18.5 Å². The molecular formula is C18H24N2O2. The number of benzene rings is 1. The summed E-state index contributed by atoms with van der Waals surface area (Å²) in [5.41, 5.74) is 0.405. The van der Waals surface area contributed by atoms with Gasteiger partial charge in [-0.1, -0.05) is 0 Å². The van der Waals surface area contributed by atoms with Gasteiger partial charge in [0.25, 0.3) is 0 Å². The third-order valence-electron chi connectivity index (χ3n) is 4.70. The Balaban J connectivity index is 1.77. The first-order chi connectivity index (χ1) is 10.5. The molecule has 1 fully saturated rings. The topological polar surface area (TPSA) is 45.6 Å². The Morgan fingerprint density at radius 3 is 2.55 bits per heavy atom. The molecule has 118 valence electrons. The molecule has 4 nitrogen and oxygen atoms in total. The Morgan fingerprint density at radius 2 is 1.91 bits per heavy atom. The highest BCUT2D eigenvalue weighted by Gasteiger charge is 2.30. The van der Waals surface area contributed by atoms with Gasteiger partial charge in [-0.3, -0.25) is 0 Å². The Hall–Kier alpha value is -1.81. The van der Waals surface area contributed by atoms with Gasteiger partial charge in [0.15, 0.2) is 0 Å². The monoisotopic (exact) mass is 300 g/mol. The molecule has 1 aromatic carbocycles. The zero-order valence-corrected chi connectivity index (χ0v) is 13.5. The molecule has 0 saturated carbocycles. The van der Waals surface area contributed by atoms with Crippen LogP contribution in [0.3, 0.4) is 0 Å². The van der Waals surface area contributed by atoms with Crippen molar-refractivity contribution in [2.45, 2.75) is 32.3 Å². The first-order valence-corrected chi connectivity index (χ1v) is 7.89. The quantitative estimate of drug-likeness (QED) is 0.945. The molecule has 1 saturated heterocycles. The van der Waals surface area contributed by atoms with Crippen molar-refractivity contribution >= 4 is 16.7 Å². The normalized spacial score (nSPS) is 17.0. The summed E-state index contributed by atoms with van der Waals surface area (Å²) >= 11 is 0. The van der Waals surface area contributed by atoms with Crippen molar-refractivity contribution in [1.82, 2.24) is 4.98 Å². The number of methoxy groups -OCH3 is 1. The van der Waals surface area contributed by atoms with Crippen LogP contribution in [0.25, 0.3) is 10.9 Å². The van der Waals surface area contributed by atoms with E-state index in [0.717, 1.165) is 48.4 Å². The summed E-state index contributed by atoms with van der Waals surface area (Å²) < 4.78 is 5.25. The summed E-state index contributed by atoms with van der Waals surface area (Å²) in [5, 5.41) is 11.2. The Bertz CT molecular complexity index is 656. The van der Waals surface area contributed by atoms with E-state index in [1.54, 1.807) is 7.11 Å². The van der Waals surface area contributed by atoms with E-state index in [2.05, 4.69) is 17.0 Å². The van der Waals surface area contributed by atoms with Gasteiger partial charge in [-0.2, -0.15) is 0 Å². The summed E-state index contributed by atoms with van der Waals surface area (Å²) in [7, 11) is 1.68. The van der Waals surface area contributed by atoms with Crippen LogP contribution in [0.1, 0.15) is 26.7 Å². The Morgan fingerprint density at radius 1 is 1.18 bits per heavy atom. The third kappa shape index (κ3) is 3.02. The smallest absolute Gasteiger partial charge is 0.129 e. The first kappa shape index (κ1) is 15.1. The molecule has 2 aromatic rings. The van der Waals surface area contributed by atoms with Crippen LogP contribution in [-0.4, -0.2) is 35.9 Å². The van der Waals surface area contributed by atoms with Crippen LogP contribution in [-0.2, 0) is 0 Å². The number of anilines is 1. The van der Waals surface area contributed by atoms with E-state index in [0.29, 0.717) is 5.92 Å². The maximum Gasteiger partial charge on any atom is 0.129 e. The van der Waals surface area contributed by atoms with E-state index in [4.69, 9.17) is 9.72 Å². The molecule has 22 heavy (non-hydrogen) atoms. The van der Waals surface area contributed by atoms with Crippen molar-refractivity contribution < 1.29 is 9.84 Å². The molecule has 1 aliphatic heterocycles. The average molecular weight is 300 g/mol. The van der Waals surface area contributed by atoms with Gasteiger partial charge in [-0.15, -0.1) is 0 Å². The van der Waals surface area contributed by atoms with E-state index in [1.807, 2.05) is 32.0 Å². The van der Waals surface area contributed by atoms with Crippen LogP contribution >= 0.6 is 0 Å². The van der Waals surface area contributed by atoms with Gasteiger partial charge in [0.05, 0.1) is 18.2 Å². The van der Waals surface area contributed by atoms with Gasteiger partial charge in [-0.25, -0.2) is 4.98 Å². The van der Waals surface area contributed by atoms with Gasteiger partial charge in [0.1, 0.15) is 11.6 Å². The number of aliphatic hydroxyl groups is 1. The van der Waals surface area contributed by atoms with E-state index >= 15 is 0 Å². The molecule has 1 N–H and O–H groups in total. The number of rotatable bonds is 3. The van der Waals surface area contributed by atoms with Crippen molar-refractivity contribution in [2.24, 2.45) is 5.92 Å². The van der Waals surface area contributed by atoms with Gasteiger partial charge < -0.3 is 14.7 Å². The fourth-order valence-electron chi connectivity index (χ4n) is 3.21. The van der Waals surface area contributed by atoms with Crippen molar-refractivity contribution in [2.75, 3.05) is 25.1 Å². The molecule has 0 aliphatic carbocycles. The lowest BCUT2D eigenvalue weighted by Gasteiger charge is -2.38. The molecular weight excluding hydrogens is 276 g/mol. The lowest BCUT2D eigenvalue weighted by molar-refractivity contribution is 0.00646. The minimum Gasteiger partial charge on any atom is -0.497 e. The van der Waals surface area contributed by atoms with Crippen LogP contribution in [0, 0.1) is 5.92 Å². The number of hydrogen-bond acceptors (Lipinski definition) is 4. The van der Waals surface area contributed by atoms with Crippen LogP contribution in [0.4, 0.5) is 5.82 Å². The molecule has 0 radical (unpaired) electrons. The van der Waals surface area contributed by atoms with E-state index in [-0.39, 0.29) is 0 Å². The number of fused-ring (bicyclic) bond motifs is 1. The summed E-state index contributed by atoms with van der Waals surface area (Å²) in [6.45, 7) is 5.72. The minimum absolute atomic E-state index is 0.369. The van der Waals surface area contributed by atoms with Crippen LogP contribution in [0.2, 0.25) is 0 Å². The summed E-state index contributed by atoms with van der Waals surface area (Å²) in [5.74, 6) is 2.24. The maximum atomic E-state index is 10.1. The number of pyridine rings is 1. The average Bonchev–Trinajstić information content (AvgIpc) is 2.53. The van der Waals surface area contributed by atoms with E-state index in [9.17, 15) is 5.11 Å². The second-order valence-electron chi connectivity index (χ2n) is 6.64. The minimum atomic E-state index is -0.584. The van der Waals surface area contributed by atoms with Crippen molar-refractivity contribution in [3.8, 4) is 5.75 Å². The van der Waals surface area contributed by atoms with Crippen molar-refractivity contribution in [3.05, 3.63) is 30.3 Å². The van der Waals surface area contributed by atoms with Gasteiger partial charge in [-0.05, 0) is 62.9 Å². The van der Waals surface area contributed by atoms with Gasteiger partial charge >= 0.3 is 0 Å². The number of nitrogens with zero attached hydrogens (tertiary/aromatic N) is 2. The molecule has 0 spiro atoms. The summed E-state index contributed by atoms with van der Waals surface area (Å²) in [4.78, 5) is 7.08. The zero-order valence-electron chi connectivity index (χ0n) is 13.5. The maximum absolute atomic E-state index is 10.1. The highest BCUT2D eigenvalue weighted by Crippen LogP contribution is 2.30. The fraction of sp³-hybridized carbons (Fsp3) is 0.500. The number of piperidine rings is 1. The number of ether oxygens (including phenoxy) is 1. The van der Waals surface area contributed by atoms with E-state index in [1.165, 1.54) is 0 Å². The molecule has 1 aromatic heterocycles. The third-order valence-corrected chi connectivity index (χ3v) is 4.70. The Labute approximate surface area is 131 Å². The molecule has 2 heterocycles. The van der Waals surface area contributed by atoms with Crippen LogP contribution in [0.15, 0.2) is 30.3 Å². The Kier molecular flexibility index (Phi) is 3.96. The molecule has 0 amide bonds. The van der Waals surface area contributed by atoms with Crippen molar-refractivity contribution in [3.63, 3.8) is 0 Å². The SMILES string of the molecule is COc1ccc2nc(N3CCC(C(C)(C)O)CC3)ccc2c1. The predicted molar refractivity (Wildman–Crippen MR) is 89.5 cm³/mol. The lowest BCUT2D eigenvalue weighted by Crippen LogP contribution is -2.42. The molecule has 0 atom stereocenters. The fourth-order valence-corrected chi connectivity index (χ4v) is 3.21. The number of aromatic nitrogens is 1. The van der Waals surface area contributed by atoms with Gasteiger partial charge in [0.2, 0.25) is 0 Å². The van der Waals surface area contributed by atoms with E-state index < -0.39 is 5.60 Å². The highest BCUT2D eigenvalue weighted by molar-refractivity contribution is 5.81. The molecule has 1 aliphatic rings. The molecule has 4 heteroatoms. The first-order valence-electron chi connectivity index (χ1n) is 7.89. The highest BCUT2D eigenvalue weighted by atomic mass is 16.5. The summed E-state index contributed by atoms with van der Waals surface area (Å²) in [6, 6.07) is 10.1. The van der Waals surface area contributed by atoms with Crippen LogP contribution < -0.4 is 9.64 Å². The molecule has 3 rings (SSSR count). The second-order valence-corrected chi connectivity index (χ2v) is 6.64. The predicted octanol–water partition coefficient (Wildman–Crippen LogP) is 3.23. The zero-order chi connectivity index (χ0) is 15.7. The molecule has 0 unspecified atom stereocenters. The molecule has 0 bridgehead atoms. The summed E-state index contributed by atoms with van der Waals surface area (Å²) in [6.07, 6.45) is 2.01. The largest absolute Gasteiger partial charge is 0.497 e. The standard InChI is InChI=1S/C18H24N2O2/c1-18(2,21)14-8-10-20(11-9-14)17-7-4-13-12-15(22-3)5-6-16(13)19-17/h4-7,12,14,21H,8-11H2,1-3H3. The van der Waals surface area contributed by atoms with Crippen LogP contribution in [0.5, 0.6) is 5.75 Å².